The highest BCUT2D eigenvalue weighted by Gasteiger charge is 2.02. The van der Waals surface area contributed by atoms with Crippen LogP contribution in [0, 0.1) is 5.82 Å². The van der Waals surface area contributed by atoms with Crippen LogP contribution in [0.25, 0.3) is 10.1 Å². The molecule has 0 bridgehead atoms. The molecular weight excluding hydrogens is 259 g/mol. The van der Waals surface area contributed by atoms with E-state index in [0.717, 1.165) is 21.3 Å². The highest BCUT2D eigenvalue weighted by Crippen LogP contribution is 2.25. The smallest absolute Gasteiger partial charge is 0.123 e. The number of para-hydroxylation sites is 1. The van der Waals surface area contributed by atoms with Gasteiger partial charge >= 0.3 is 0 Å². The standard InChI is InChI=1S/C15H11FN2S/c16-12-6-7-15-14(8-12)11(10-19-15)9-17-18-13-4-2-1-3-5-13/h1-10,18H/b17-9+. The van der Waals surface area contributed by atoms with E-state index in [1.54, 1.807) is 23.6 Å². The number of hydrogen-bond acceptors (Lipinski definition) is 3. The van der Waals surface area contributed by atoms with E-state index in [2.05, 4.69) is 10.5 Å². The Kier molecular flexibility index (Phi) is 3.25. The second-order valence-corrected chi connectivity index (χ2v) is 4.98. The van der Waals surface area contributed by atoms with E-state index in [1.807, 2.05) is 35.7 Å². The van der Waals surface area contributed by atoms with Gasteiger partial charge in [-0.15, -0.1) is 11.3 Å². The van der Waals surface area contributed by atoms with Gasteiger partial charge in [0.25, 0.3) is 0 Å². The highest BCUT2D eigenvalue weighted by molar-refractivity contribution is 7.17. The lowest BCUT2D eigenvalue weighted by Gasteiger charge is -1.98. The molecule has 0 aliphatic heterocycles. The summed E-state index contributed by atoms with van der Waals surface area (Å²) in [6.45, 7) is 0. The number of rotatable bonds is 3. The lowest BCUT2D eigenvalue weighted by atomic mass is 10.2. The Morgan fingerprint density at radius 2 is 1.95 bits per heavy atom. The first-order valence-corrected chi connectivity index (χ1v) is 6.72. The Bertz CT molecular complexity index is 719. The molecule has 0 saturated carbocycles. The van der Waals surface area contributed by atoms with Crippen molar-refractivity contribution in [3.05, 3.63) is 65.3 Å². The largest absolute Gasteiger partial charge is 0.279 e. The van der Waals surface area contributed by atoms with Gasteiger partial charge in [0.1, 0.15) is 5.82 Å². The topological polar surface area (TPSA) is 24.4 Å². The SMILES string of the molecule is Fc1ccc2scc(/C=N/Nc3ccccc3)c2c1. The lowest BCUT2D eigenvalue weighted by Crippen LogP contribution is -1.89. The summed E-state index contributed by atoms with van der Waals surface area (Å²) < 4.78 is 14.3. The number of benzene rings is 2. The number of nitrogens with zero attached hydrogens (tertiary/aromatic N) is 1. The summed E-state index contributed by atoms with van der Waals surface area (Å²) in [7, 11) is 0. The van der Waals surface area contributed by atoms with Gasteiger partial charge in [-0.2, -0.15) is 5.10 Å². The first kappa shape index (κ1) is 11.9. The van der Waals surface area contributed by atoms with Crippen molar-refractivity contribution in [2.75, 3.05) is 5.43 Å². The van der Waals surface area contributed by atoms with Crippen LogP contribution < -0.4 is 5.43 Å². The molecule has 0 aliphatic carbocycles. The minimum Gasteiger partial charge on any atom is -0.279 e. The number of hydrazone groups is 1. The zero-order valence-electron chi connectivity index (χ0n) is 10.0. The Labute approximate surface area is 114 Å². The van der Waals surface area contributed by atoms with Gasteiger partial charge in [-0.1, -0.05) is 18.2 Å². The molecule has 3 aromatic rings. The molecule has 0 atom stereocenters. The van der Waals surface area contributed by atoms with Crippen molar-refractivity contribution in [1.82, 2.24) is 0 Å². The molecule has 0 radical (unpaired) electrons. The van der Waals surface area contributed by atoms with Crippen LogP contribution in [0.3, 0.4) is 0 Å². The summed E-state index contributed by atoms with van der Waals surface area (Å²) in [5.74, 6) is -0.225. The van der Waals surface area contributed by atoms with Crippen LogP contribution in [-0.4, -0.2) is 6.21 Å². The molecule has 1 aromatic heterocycles. The maximum absolute atomic E-state index is 13.2. The first-order valence-electron chi connectivity index (χ1n) is 5.84. The molecule has 0 unspecified atom stereocenters. The summed E-state index contributed by atoms with van der Waals surface area (Å²) >= 11 is 1.58. The van der Waals surface area contributed by atoms with E-state index >= 15 is 0 Å². The van der Waals surface area contributed by atoms with Crippen LogP contribution >= 0.6 is 11.3 Å². The van der Waals surface area contributed by atoms with Gasteiger partial charge in [0.2, 0.25) is 0 Å². The average Bonchev–Trinajstić information content (AvgIpc) is 2.83. The minimum absolute atomic E-state index is 0.225. The molecule has 0 fully saturated rings. The Hall–Kier alpha value is -2.20. The number of thiophene rings is 1. The molecule has 1 heterocycles. The zero-order chi connectivity index (χ0) is 13.1. The molecule has 4 heteroatoms. The van der Waals surface area contributed by atoms with Gasteiger partial charge < -0.3 is 0 Å². The molecule has 0 aliphatic rings. The van der Waals surface area contributed by atoms with Gasteiger partial charge in [-0.05, 0) is 30.3 Å². The van der Waals surface area contributed by atoms with Crippen molar-refractivity contribution in [3.63, 3.8) is 0 Å². The summed E-state index contributed by atoms with van der Waals surface area (Å²) in [6, 6.07) is 14.5. The van der Waals surface area contributed by atoms with E-state index in [-0.39, 0.29) is 5.82 Å². The van der Waals surface area contributed by atoms with Crippen molar-refractivity contribution in [1.29, 1.82) is 0 Å². The van der Waals surface area contributed by atoms with Crippen molar-refractivity contribution < 1.29 is 4.39 Å². The molecule has 94 valence electrons. The highest BCUT2D eigenvalue weighted by atomic mass is 32.1. The van der Waals surface area contributed by atoms with Gasteiger partial charge in [0.15, 0.2) is 0 Å². The van der Waals surface area contributed by atoms with E-state index in [4.69, 9.17) is 0 Å². The second kappa shape index (κ2) is 5.20. The fraction of sp³-hybridized carbons (Fsp3) is 0. The van der Waals surface area contributed by atoms with Crippen LogP contribution in [0.2, 0.25) is 0 Å². The number of anilines is 1. The summed E-state index contributed by atoms with van der Waals surface area (Å²) in [5.41, 5.74) is 4.78. The van der Waals surface area contributed by atoms with Gasteiger partial charge in [-0.25, -0.2) is 4.39 Å². The van der Waals surface area contributed by atoms with Crippen molar-refractivity contribution in [2.45, 2.75) is 0 Å². The van der Waals surface area contributed by atoms with Gasteiger partial charge in [0, 0.05) is 21.0 Å². The molecule has 19 heavy (non-hydrogen) atoms. The lowest BCUT2D eigenvalue weighted by molar-refractivity contribution is 0.630. The third-order valence-electron chi connectivity index (χ3n) is 2.74. The van der Waals surface area contributed by atoms with Gasteiger partial charge in [-0.3, -0.25) is 5.43 Å². The van der Waals surface area contributed by atoms with Crippen LogP contribution in [0.15, 0.2) is 59.0 Å². The maximum atomic E-state index is 13.2. The van der Waals surface area contributed by atoms with Crippen molar-refractivity contribution in [2.24, 2.45) is 5.10 Å². The van der Waals surface area contributed by atoms with E-state index in [9.17, 15) is 4.39 Å². The van der Waals surface area contributed by atoms with Crippen LogP contribution in [0.1, 0.15) is 5.56 Å². The summed E-state index contributed by atoms with van der Waals surface area (Å²) in [5, 5.41) is 7.04. The second-order valence-electron chi connectivity index (χ2n) is 4.07. The summed E-state index contributed by atoms with van der Waals surface area (Å²) in [4.78, 5) is 0. The van der Waals surface area contributed by atoms with Crippen LogP contribution in [0.5, 0.6) is 0 Å². The number of halogens is 1. The quantitative estimate of drug-likeness (QED) is 0.550. The first-order chi connectivity index (χ1) is 9.33. The molecule has 1 N–H and O–H groups in total. The Balaban J connectivity index is 1.83. The molecule has 0 amide bonds. The fourth-order valence-electron chi connectivity index (χ4n) is 1.81. The number of fused-ring (bicyclic) bond motifs is 1. The zero-order valence-corrected chi connectivity index (χ0v) is 10.8. The van der Waals surface area contributed by atoms with Crippen LogP contribution in [0.4, 0.5) is 10.1 Å². The predicted octanol–water partition coefficient (Wildman–Crippen LogP) is 4.49. The predicted molar refractivity (Wildman–Crippen MR) is 79.4 cm³/mol. The van der Waals surface area contributed by atoms with E-state index < -0.39 is 0 Å². The van der Waals surface area contributed by atoms with E-state index in [1.165, 1.54) is 12.1 Å². The monoisotopic (exact) mass is 270 g/mol. The molecule has 0 spiro atoms. The average molecular weight is 270 g/mol. The number of hydrogen-bond donors (Lipinski definition) is 1. The Morgan fingerprint density at radius 1 is 1.11 bits per heavy atom. The Morgan fingerprint density at radius 3 is 2.79 bits per heavy atom. The maximum Gasteiger partial charge on any atom is 0.123 e. The third-order valence-corrected chi connectivity index (χ3v) is 3.72. The molecule has 0 saturated heterocycles. The molecular formula is C15H11FN2S. The normalized spacial score (nSPS) is 11.2. The summed E-state index contributed by atoms with van der Waals surface area (Å²) in [6.07, 6.45) is 1.71. The molecule has 2 aromatic carbocycles. The fourth-order valence-corrected chi connectivity index (χ4v) is 2.70. The third kappa shape index (κ3) is 2.63. The van der Waals surface area contributed by atoms with Crippen LogP contribution in [-0.2, 0) is 0 Å². The molecule has 3 rings (SSSR count). The van der Waals surface area contributed by atoms with Gasteiger partial charge in [0.05, 0.1) is 11.9 Å². The minimum atomic E-state index is -0.225. The van der Waals surface area contributed by atoms with Crippen molar-refractivity contribution >= 4 is 33.3 Å². The number of nitrogens with one attached hydrogen (secondary N) is 1. The van der Waals surface area contributed by atoms with E-state index in [0.29, 0.717) is 0 Å². The molecule has 2 nitrogen and oxygen atoms in total. The van der Waals surface area contributed by atoms with Crippen molar-refractivity contribution in [3.8, 4) is 0 Å².